The molecule has 1 atom stereocenters. The number of nitrogens with two attached hydrogens (primary N) is 1. The molecule has 1 amide bonds. The minimum atomic E-state index is -0.319. The molecule has 0 bridgehead atoms. The lowest BCUT2D eigenvalue weighted by atomic mass is 9.89. The molecule has 15 heavy (non-hydrogen) atoms. The minimum Gasteiger partial charge on any atom is -0.383 e. The van der Waals surface area contributed by atoms with Gasteiger partial charge in [0.1, 0.15) is 0 Å². The van der Waals surface area contributed by atoms with Crippen LogP contribution in [-0.2, 0) is 9.53 Å². The summed E-state index contributed by atoms with van der Waals surface area (Å²) in [6.07, 6.45) is 1.57. The molecule has 0 aliphatic heterocycles. The first-order chi connectivity index (χ1) is 6.97. The van der Waals surface area contributed by atoms with Crippen molar-refractivity contribution in [3.05, 3.63) is 0 Å². The summed E-state index contributed by atoms with van der Waals surface area (Å²) in [6, 6.07) is 0.0262. The molecule has 4 heteroatoms. The van der Waals surface area contributed by atoms with Gasteiger partial charge in [-0.2, -0.15) is 0 Å². The van der Waals surface area contributed by atoms with Crippen LogP contribution in [0.5, 0.6) is 0 Å². The van der Waals surface area contributed by atoms with E-state index in [1.165, 1.54) is 0 Å². The average Bonchev–Trinajstić information content (AvgIpc) is 2.18. The standard InChI is InChI=1S/C11H24N2O2/c1-5-11(2,3)10(14)13-9(6-7-12)8-15-4/h9H,5-8,12H2,1-4H3,(H,13,14). The summed E-state index contributed by atoms with van der Waals surface area (Å²) in [5, 5.41) is 2.97. The van der Waals surface area contributed by atoms with Gasteiger partial charge in [0.25, 0.3) is 0 Å². The lowest BCUT2D eigenvalue weighted by Crippen LogP contribution is -2.45. The Kier molecular flexibility index (Phi) is 6.52. The third kappa shape index (κ3) is 5.14. The zero-order valence-corrected chi connectivity index (χ0v) is 10.3. The second-order valence-corrected chi connectivity index (χ2v) is 4.44. The first-order valence-corrected chi connectivity index (χ1v) is 5.48. The molecule has 0 fully saturated rings. The molecule has 0 aromatic carbocycles. The first-order valence-electron chi connectivity index (χ1n) is 5.48. The highest BCUT2D eigenvalue weighted by atomic mass is 16.5. The predicted molar refractivity (Wildman–Crippen MR) is 61.6 cm³/mol. The summed E-state index contributed by atoms with van der Waals surface area (Å²) in [4.78, 5) is 11.8. The minimum absolute atomic E-state index is 0.0262. The van der Waals surface area contributed by atoms with Gasteiger partial charge in [-0.3, -0.25) is 4.79 Å². The molecule has 0 aromatic rings. The van der Waals surface area contributed by atoms with Crippen LogP contribution in [0.3, 0.4) is 0 Å². The molecule has 0 aliphatic rings. The van der Waals surface area contributed by atoms with E-state index in [-0.39, 0.29) is 17.4 Å². The average molecular weight is 216 g/mol. The molecule has 0 saturated carbocycles. The Morgan fingerprint density at radius 3 is 2.53 bits per heavy atom. The van der Waals surface area contributed by atoms with E-state index in [9.17, 15) is 4.79 Å². The Balaban J connectivity index is 4.21. The van der Waals surface area contributed by atoms with E-state index >= 15 is 0 Å². The number of amides is 1. The Morgan fingerprint density at radius 2 is 2.13 bits per heavy atom. The van der Waals surface area contributed by atoms with Crippen LogP contribution in [0.2, 0.25) is 0 Å². The maximum Gasteiger partial charge on any atom is 0.225 e. The third-order valence-corrected chi connectivity index (χ3v) is 2.72. The molecule has 1 unspecified atom stereocenters. The highest BCUT2D eigenvalue weighted by Crippen LogP contribution is 2.19. The molecule has 4 nitrogen and oxygen atoms in total. The Labute approximate surface area is 92.6 Å². The maximum absolute atomic E-state index is 11.8. The molecule has 3 N–H and O–H groups in total. The molecule has 0 spiro atoms. The Hall–Kier alpha value is -0.610. The van der Waals surface area contributed by atoms with E-state index in [2.05, 4.69) is 5.32 Å². The van der Waals surface area contributed by atoms with Gasteiger partial charge < -0.3 is 15.8 Å². The largest absolute Gasteiger partial charge is 0.383 e. The Bertz CT molecular complexity index is 187. The van der Waals surface area contributed by atoms with Gasteiger partial charge in [-0.1, -0.05) is 20.8 Å². The van der Waals surface area contributed by atoms with Crippen LogP contribution in [-0.4, -0.2) is 32.2 Å². The molecule has 90 valence electrons. The van der Waals surface area contributed by atoms with Crippen LogP contribution in [0.25, 0.3) is 0 Å². The highest BCUT2D eigenvalue weighted by molar-refractivity contribution is 5.81. The van der Waals surface area contributed by atoms with E-state index in [0.717, 1.165) is 12.8 Å². The van der Waals surface area contributed by atoms with Crippen molar-refractivity contribution in [3.63, 3.8) is 0 Å². The van der Waals surface area contributed by atoms with Crippen LogP contribution in [0.4, 0.5) is 0 Å². The van der Waals surface area contributed by atoms with Crippen LogP contribution in [0.15, 0.2) is 0 Å². The number of carbonyl (C=O) groups is 1. The molecule has 0 radical (unpaired) electrons. The fraction of sp³-hybridized carbons (Fsp3) is 0.909. The van der Waals surface area contributed by atoms with Crippen molar-refractivity contribution in [3.8, 4) is 0 Å². The maximum atomic E-state index is 11.8. The number of hydrogen-bond acceptors (Lipinski definition) is 3. The van der Waals surface area contributed by atoms with Gasteiger partial charge in [-0.15, -0.1) is 0 Å². The number of methoxy groups -OCH3 is 1. The lowest BCUT2D eigenvalue weighted by molar-refractivity contribution is -0.130. The van der Waals surface area contributed by atoms with Crippen molar-refractivity contribution >= 4 is 5.91 Å². The highest BCUT2D eigenvalue weighted by Gasteiger charge is 2.26. The van der Waals surface area contributed by atoms with Crippen LogP contribution < -0.4 is 11.1 Å². The number of carbonyl (C=O) groups excluding carboxylic acids is 1. The van der Waals surface area contributed by atoms with Crippen molar-refractivity contribution in [1.82, 2.24) is 5.32 Å². The van der Waals surface area contributed by atoms with Crippen LogP contribution in [0.1, 0.15) is 33.6 Å². The van der Waals surface area contributed by atoms with Gasteiger partial charge in [-0.25, -0.2) is 0 Å². The van der Waals surface area contributed by atoms with Gasteiger partial charge in [0.15, 0.2) is 0 Å². The van der Waals surface area contributed by atoms with Crippen molar-refractivity contribution < 1.29 is 9.53 Å². The smallest absolute Gasteiger partial charge is 0.225 e. The second-order valence-electron chi connectivity index (χ2n) is 4.44. The molecular formula is C11H24N2O2. The summed E-state index contributed by atoms with van der Waals surface area (Å²) in [7, 11) is 1.63. The number of ether oxygens (including phenoxy) is 1. The molecular weight excluding hydrogens is 192 g/mol. The number of rotatable bonds is 7. The van der Waals surface area contributed by atoms with E-state index in [1.807, 2.05) is 20.8 Å². The molecule has 0 aromatic heterocycles. The topological polar surface area (TPSA) is 64.4 Å². The number of nitrogens with one attached hydrogen (secondary N) is 1. The summed E-state index contributed by atoms with van der Waals surface area (Å²) in [5.41, 5.74) is 5.15. The molecule has 0 heterocycles. The van der Waals surface area contributed by atoms with Crippen LogP contribution in [0, 0.1) is 5.41 Å². The monoisotopic (exact) mass is 216 g/mol. The SMILES string of the molecule is CCC(C)(C)C(=O)NC(CCN)COC. The summed E-state index contributed by atoms with van der Waals surface area (Å²) < 4.78 is 5.03. The van der Waals surface area contributed by atoms with Crippen LogP contribution >= 0.6 is 0 Å². The van der Waals surface area contributed by atoms with Crippen molar-refractivity contribution in [2.24, 2.45) is 11.1 Å². The van der Waals surface area contributed by atoms with Gasteiger partial charge >= 0.3 is 0 Å². The van der Waals surface area contributed by atoms with E-state index in [4.69, 9.17) is 10.5 Å². The second kappa shape index (κ2) is 6.80. The Morgan fingerprint density at radius 1 is 1.53 bits per heavy atom. The molecule has 0 aliphatic carbocycles. The number of hydrogen-bond donors (Lipinski definition) is 2. The van der Waals surface area contributed by atoms with Crippen molar-refractivity contribution in [1.29, 1.82) is 0 Å². The van der Waals surface area contributed by atoms with Gasteiger partial charge in [0.05, 0.1) is 12.6 Å². The van der Waals surface area contributed by atoms with Gasteiger partial charge in [0.2, 0.25) is 5.91 Å². The molecule has 0 rings (SSSR count). The zero-order valence-electron chi connectivity index (χ0n) is 10.3. The van der Waals surface area contributed by atoms with Gasteiger partial charge in [-0.05, 0) is 19.4 Å². The quantitative estimate of drug-likeness (QED) is 0.664. The van der Waals surface area contributed by atoms with Crippen molar-refractivity contribution in [2.45, 2.75) is 39.7 Å². The lowest BCUT2D eigenvalue weighted by Gasteiger charge is -2.25. The first kappa shape index (κ1) is 14.4. The van der Waals surface area contributed by atoms with E-state index in [0.29, 0.717) is 13.2 Å². The van der Waals surface area contributed by atoms with Crippen molar-refractivity contribution in [2.75, 3.05) is 20.3 Å². The normalized spacial score (nSPS) is 13.7. The van der Waals surface area contributed by atoms with E-state index in [1.54, 1.807) is 7.11 Å². The summed E-state index contributed by atoms with van der Waals surface area (Å²) in [5.74, 6) is 0.0699. The summed E-state index contributed by atoms with van der Waals surface area (Å²) >= 11 is 0. The molecule has 0 saturated heterocycles. The zero-order chi connectivity index (χ0) is 11.9. The fourth-order valence-corrected chi connectivity index (χ4v) is 1.14. The summed E-state index contributed by atoms with van der Waals surface area (Å²) in [6.45, 7) is 6.96. The van der Waals surface area contributed by atoms with Gasteiger partial charge in [0, 0.05) is 12.5 Å². The predicted octanol–water partition coefficient (Wildman–Crippen LogP) is 0.903. The fourth-order valence-electron chi connectivity index (χ4n) is 1.14. The van der Waals surface area contributed by atoms with E-state index < -0.39 is 0 Å². The third-order valence-electron chi connectivity index (χ3n) is 2.72.